The molecule has 0 radical (unpaired) electrons. The maximum Gasteiger partial charge on any atom is 0.169 e. The van der Waals surface area contributed by atoms with Crippen LogP contribution in [0.15, 0.2) is 54.6 Å². The monoisotopic (exact) mass is 300 g/mol. The van der Waals surface area contributed by atoms with E-state index in [-0.39, 0.29) is 0 Å². The van der Waals surface area contributed by atoms with Crippen LogP contribution in [0.2, 0.25) is 0 Å². The average molecular weight is 300 g/mol. The van der Waals surface area contributed by atoms with Crippen LogP contribution in [0.4, 0.5) is 0 Å². The van der Waals surface area contributed by atoms with E-state index in [1.807, 2.05) is 37.4 Å². The van der Waals surface area contributed by atoms with Crippen LogP contribution >= 0.6 is 12.2 Å². The van der Waals surface area contributed by atoms with Gasteiger partial charge < -0.3 is 15.0 Å². The van der Waals surface area contributed by atoms with E-state index in [4.69, 9.17) is 17.0 Å². The second kappa shape index (κ2) is 7.64. The first-order valence-electron chi connectivity index (χ1n) is 6.86. The van der Waals surface area contributed by atoms with Crippen molar-refractivity contribution in [2.24, 2.45) is 0 Å². The van der Waals surface area contributed by atoms with Gasteiger partial charge in [0, 0.05) is 20.1 Å². The fourth-order valence-electron chi connectivity index (χ4n) is 2.11. The van der Waals surface area contributed by atoms with Crippen molar-refractivity contribution in [3.63, 3.8) is 0 Å². The van der Waals surface area contributed by atoms with Gasteiger partial charge in [-0.1, -0.05) is 42.5 Å². The Morgan fingerprint density at radius 3 is 2.10 bits per heavy atom. The van der Waals surface area contributed by atoms with Crippen LogP contribution in [-0.2, 0) is 13.1 Å². The van der Waals surface area contributed by atoms with Crippen LogP contribution in [0.1, 0.15) is 11.1 Å². The summed E-state index contributed by atoms with van der Waals surface area (Å²) in [5.74, 6) is 0.865. The lowest BCUT2D eigenvalue weighted by atomic mass is 10.1. The zero-order valence-corrected chi connectivity index (χ0v) is 13.2. The summed E-state index contributed by atoms with van der Waals surface area (Å²) in [5.41, 5.74) is 2.44. The normalized spacial score (nSPS) is 10.0. The highest BCUT2D eigenvalue weighted by Crippen LogP contribution is 2.15. The predicted molar refractivity (Wildman–Crippen MR) is 90.3 cm³/mol. The molecular formula is C17H20N2OS. The minimum atomic E-state index is 0.745. The lowest BCUT2D eigenvalue weighted by molar-refractivity contribution is 0.400. The molecule has 3 nitrogen and oxygen atoms in total. The number of methoxy groups -OCH3 is 1. The van der Waals surface area contributed by atoms with Crippen LogP contribution in [0, 0.1) is 0 Å². The second-order valence-corrected chi connectivity index (χ2v) is 5.13. The Hall–Kier alpha value is -2.07. The molecule has 0 spiro atoms. The SMILES string of the molecule is CNC(=S)N(Cc1ccccc1)Cc1ccc(OC)cc1. The van der Waals surface area contributed by atoms with Gasteiger partial charge in [-0.15, -0.1) is 0 Å². The third kappa shape index (κ3) is 4.46. The highest BCUT2D eigenvalue weighted by atomic mass is 32.1. The Morgan fingerprint density at radius 1 is 1.00 bits per heavy atom. The molecule has 0 amide bonds. The summed E-state index contributed by atoms with van der Waals surface area (Å²) in [6, 6.07) is 18.4. The number of nitrogens with zero attached hydrogens (tertiary/aromatic N) is 1. The van der Waals surface area contributed by atoms with Gasteiger partial charge in [-0.3, -0.25) is 0 Å². The quantitative estimate of drug-likeness (QED) is 0.857. The van der Waals surface area contributed by atoms with Gasteiger partial charge >= 0.3 is 0 Å². The van der Waals surface area contributed by atoms with Crippen molar-refractivity contribution >= 4 is 17.3 Å². The fraction of sp³-hybridized carbons (Fsp3) is 0.235. The predicted octanol–water partition coefficient (Wildman–Crippen LogP) is 3.20. The van der Waals surface area contributed by atoms with Crippen molar-refractivity contribution in [2.75, 3.05) is 14.2 Å². The number of nitrogens with one attached hydrogen (secondary N) is 1. The van der Waals surface area contributed by atoms with Crippen molar-refractivity contribution in [3.05, 3.63) is 65.7 Å². The first-order valence-corrected chi connectivity index (χ1v) is 7.27. The molecule has 0 aromatic heterocycles. The molecule has 0 aliphatic heterocycles. The number of benzene rings is 2. The molecule has 0 heterocycles. The van der Waals surface area contributed by atoms with Gasteiger partial charge in [0.2, 0.25) is 0 Å². The van der Waals surface area contributed by atoms with Gasteiger partial charge in [0.25, 0.3) is 0 Å². The van der Waals surface area contributed by atoms with Crippen LogP contribution in [0.25, 0.3) is 0 Å². The van der Waals surface area contributed by atoms with Crippen molar-refractivity contribution in [1.82, 2.24) is 10.2 Å². The molecule has 4 heteroatoms. The minimum absolute atomic E-state index is 0.745. The molecule has 0 bridgehead atoms. The third-order valence-electron chi connectivity index (χ3n) is 3.25. The summed E-state index contributed by atoms with van der Waals surface area (Å²) in [5, 5.41) is 3.81. The van der Waals surface area contributed by atoms with Gasteiger partial charge in [-0.25, -0.2) is 0 Å². The molecule has 0 aliphatic rings. The van der Waals surface area contributed by atoms with E-state index >= 15 is 0 Å². The maximum absolute atomic E-state index is 5.41. The lowest BCUT2D eigenvalue weighted by Crippen LogP contribution is -2.36. The molecule has 0 saturated carbocycles. The summed E-state index contributed by atoms with van der Waals surface area (Å²) in [6.45, 7) is 1.55. The molecule has 0 aliphatic carbocycles. The van der Waals surface area contributed by atoms with E-state index in [1.54, 1.807) is 7.11 Å². The van der Waals surface area contributed by atoms with E-state index in [1.165, 1.54) is 11.1 Å². The molecule has 21 heavy (non-hydrogen) atoms. The highest BCUT2D eigenvalue weighted by Gasteiger charge is 2.10. The number of ether oxygens (including phenoxy) is 1. The van der Waals surface area contributed by atoms with Gasteiger partial charge in [0.1, 0.15) is 5.75 Å². The van der Waals surface area contributed by atoms with Crippen LogP contribution in [0.3, 0.4) is 0 Å². The summed E-state index contributed by atoms with van der Waals surface area (Å²) >= 11 is 5.41. The topological polar surface area (TPSA) is 24.5 Å². The Bertz CT molecular complexity index is 569. The first kappa shape index (κ1) is 15.3. The third-order valence-corrected chi connectivity index (χ3v) is 3.71. The maximum atomic E-state index is 5.41. The van der Waals surface area contributed by atoms with Crippen molar-refractivity contribution in [3.8, 4) is 5.75 Å². The number of hydrogen-bond acceptors (Lipinski definition) is 2. The van der Waals surface area contributed by atoms with Gasteiger partial charge in [0.15, 0.2) is 5.11 Å². The molecule has 0 unspecified atom stereocenters. The molecule has 0 fully saturated rings. The standard InChI is InChI=1S/C17H20N2OS/c1-18-17(21)19(12-14-6-4-3-5-7-14)13-15-8-10-16(20-2)11-9-15/h3-11H,12-13H2,1-2H3,(H,18,21). The number of thiocarbonyl (C=S) groups is 1. The first-order chi connectivity index (χ1) is 10.2. The van der Waals surface area contributed by atoms with Crippen molar-refractivity contribution < 1.29 is 4.74 Å². The summed E-state index contributed by atoms with van der Waals surface area (Å²) in [7, 11) is 3.53. The van der Waals surface area contributed by atoms with Crippen molar-refractivity contribution in [1.29, 1.82) is 0 Å². The van der Waals surface area contributed by atoms with Gasteiger partial charge in [-0.05, 0) is 35.5 Å². The van der Waals surface area contributed by atoms with E-state index in [9.17, 15) is 0 Å². The smallest absolute Gasteiger partial charge is 0.169 e. The Kier molecular flexibility index (Phi) is 5.58. The minimum Gasteiger partial charge on any atom is -0.497 e. The molecule has 0 atom stereocenters. The second-order valence-electron chi connectivity index (χ2n) is 4.74. The number of rotatable bonds is 5. The molecule has 2 aromatic rings. The van der Waals surface area contributed by atoms with E-state index in [2.05, 4.69) is 34.5 Å². The fourth-order valence-corrected chi connectivity index (χ4v) is 2.24. The molecular weight excluding hydrogens is 280 g/mol. The zero-order valence-electron chi connectivity index (χ0n) is 12.4. The zero-order chi connectivity index (χ0) is 15.1. The summed E-state index contributed by atoms with van der Waals surface area (Å²) < 4.78 is 5.19. The molecule has 2 rings (SSSR count). The van der Waals surface area contributed by atoms with Gasteiger partial charge in [0.05, 0.1) is 7.11 Å². The molecule has 0 saturated heterocycles. The summed E-state index contributed by atoms with van der Waals surface area (Å²) in [6.07, 6.45) is 0. The Labute approximate surface area is 131 Å². The highest BCUT2D eigenvalue weighted by molar-refractivity contribution is 7.80. The Morgan fingerprint density at radius 2 is 1.57 bits per heavy atom. The van der Waals surface area contributed by atoms with E-state index < -0.39 is 0 Å². The number of hydrogen-bond donors (Lipinski definition) is 1. The largest absolute Gasteiger partial charge is 0.497 e. The van der Waals surface area contributed by atoms with E-state index in [0.717, 1.165) is 24.0 Å². The average Bonchev–Trinajstić information content (AvgIpc) is 2.55. The lowest BCUT2D eigenvalue weighted by Gasteiger charge is -2.25. The van der Waals surface area contributed by atoms with Crippen LogP contribution in [0.5, 0.6) is 5.75 Å². The summed E-state index contributed by atoms with van der Waals surface area (Å²) in [4.78, 5) is 2.15. The van der Waals surface area contributed by atoms with Gasteiger partial charge in [-0.2, -0.15) is 0 Å². The molecule has 1 N–H and O–H groups in total. The molecule has 110 valence electrons. The van der Waals surface area contributed by atoms with Crippen LogP contribution < -0.4 is 10.1 Å². The van der Waals surface area contributed by atoms with Crippen LogP contribution in [-0.4, -0.2) is 24.2 Å². The van der Waals surface area contributed by atoms with Crippen molar-refractivity contribution in [2.45, 2.75) is 13.1 Å². The molecule has 2 aromatic carbocycles. The van der Waals surface area contributed by atoms with E-state index in [0.29, 0.717) is 0 Å². The Balaban J connectivity index is 2.10.